The van der Waals surface area contributed by atoms with E-state index in [4.69, 9.17) is 9.26 Å². The molecular formula is C26H32N4O3. The van der Waals surface area contributed by atoms with E-state index >= 15 is 0 Å². The third-order valence-electron chi connectivity index (χ3n) is 6.23. The fourth-order valence-corrected chi connectivity index (χ4v) is 4.22. The molecule has 1 N–H and O–H groups in total. The van der Waals surface area contributed by atoms with Crippen molar-refractivity contribution in [1.29, 1.82) is 0 Å². The summed E-state index contributed by atoms with van der Waals surface area (Å²) >= 11 is 0. The zero-order valence-corrected chi connectivity index (χ0v) is 19.4. The molecule has 4 rings (SSSR count). The SMILES string of the molecule is CCc1ccc(-c2noc(CCC(=O)NCC(c3ccc(OC)cc3)N3CCCC3)n2)cc1. The maximum absolute atomic E-state index is 12.6. The second-order valence-corrected chi connectivity index (χ2v) is 8.40. The van der Waals surface area contributed by atoms with Crippen LogP contribution in [-0.4, -0.2) is 47.7 Å². The topological polar surface area (TPSA) is 80.5 Å². The van der Waals surface area contributed by atoms with Crippen molar-refractivity contribution in [3.05, 3.63) is 65.5 Å². The standard InChI is InChI=1S/C26H32N4O3/c1-3-19-6-8-21(9-7-19)26-28-25(33-29-26)15-14-24(31)27-18-23(30-16-4-5-17-30)20-10-12-22(32-2)13-11-20/h6-13,23H,3-5,14-18H2,1-2H3,(H,27,31). The highest BCUT2D eigenvalue weighted by atomic mass is 16.5. The molecule has 1 aliphatic rings. The van der Waals surface area contributed by atoms with E-state index in [0.29, 0.717) is 31.1 Å². The lowest BCUT2D eigenvalue weighted by Crippen LogP contribution is -2.36. The van der Waals surface area contributed by atoms with Gasteiger partial charge in [0.25, 0.3) is 0 Å². The van der Waals surface area contributed by atoms with Crippen LogP contribution in [0, 0.1) is 0 Å². The minimum absolute atomic E-state index is 0.0141. The summed E-state index contributed by atoms with van der Waals surface area (Å²) in [4.78, 5) is 19.5. The fourth-order valence-electron chi connectivity index (χ4n) is 4.22. The largest absolute Gasteiger partial charge is 0.497 e. The third kappa shape index (κ3) is 5.99. The average molecular weight is 449 g/mol. The first-order valence-electron chi connectivity index (χ1n) is 11.7. The van der Waals surface area contributed by atoms with Crippen LogP contribution in [0.3, 0.4) is 0 Å². The Balaban J connectivity index is 1.31. The molecule has 1 aliphatic heterocycles. The number of hydrogen-bond donors (Lipinski definition) is 1. The molecule has 0 spiro atoms. The lowest BCUT2D eigenvalue weighted by atomic mass is 10.1. The van der Waals surface area contributed by atoms with E-state index in [1.54, 1.807) is 7.11 Å². The van der Waals surface area contributed by atoms with Crippen molar-refractivity contribution in [3.8, 4) is 17.1 Å². The van der Waals surface area contributed by atoms with Crippen molar-refractivity contribution in [2.75, 3.05) is 26.7 Å². The van der Waals surface area contributed by atoms with Crippen LogP contribution in [0.4, 0.5) is 0 Å². The zero-order chi connectivity index (χ0) is 23.0. The van der Waals surface area contributed by atoms with E-state index < -0.39 is 0 Å². The van der Waals surface area contributed by atoms with Gasteiger partial charge in [0, 0.05) is 24.9 Å². The minimum Gasteiger partial charge on any atom is -0.497 e. The fraction of sp³-hybridized carbons (Fsp3) is 0.423. The Bertz CT molecular complexity index is 1020. The predicted octanol–water partition coefficient (Wildman–Crippen LogP) is 4.19. The number of aryl methyl sites for hydroxylation is 2. The molecule has 2 aromatic carbocycles. The van der Waals surface area contributed by atoms with E-state index in [-0.39, 0.29) is 11.9 Å². The van der Waals surface area contributed by atoms with Gasteiger partial charge in [-0.15, -0.1) is 0 Å². The van der Waals surface area contributed by atoms with Crippen LogP contribution in [0.5, 0.6) is 5.75 Å². The van der Waals surface area contributed by atoms with E-state index in [9.17, 15) is 4.79 Å². The minimum atomic E-state index is -0.0141. The van der Waals surface area contributed by atoms with Gasteiger partial charge in [-0.25, -0.2) is 0 Å². The Morgan fingerprint density at radius 1 is 1.12 bits per heavy atom. The van der Waals surface area contributed by atoms with Gasteiger partial charge in [0.05, 0.1) is 13.2 Å². The Hall–Kier alpha value is -3.19. The number of nitrogens with zero attached hydrogens (tertiary/aromatic N) is 3. The number of nitrogens with one attached hydrogen (secondary N) is 1. The van der Waals surface area contributed by atoms with Crippen molar-refractivity contribution in [2.24, 2.45) is 0 Å². The van der Waals surface area contributed by atoms with Crippen molar-refractivity contribution >= 4 is 5.91 Å². The molecule has 174 valence electrons. The molecule has 0 saturated carbocycles. The molecule has 0 radical (unpaired) electrons. The van der Waals surface area contributed by atoms with E-state index in [0.717, 1.165) is 30.8 Å². The molecule has 7 heteroatoms. The summed E-state index contributed by atoms with van der Waals surface area (Å²) in [6, 6.07) is 16.4. The molecule has 0 aliphatic carbocycles. The molecule has 1 unspecified atom stereocenters. The molecule has 2 heterocycles. The molecule has 7 nitrogen and oxygen atoms in total. The average Bonchev–Trinajstić information content (AvgIpc) is 3.56. The number of hydrogen-bond acceptors (Lipinski definition) is 6. The van der Waals surface area contributed by atoms with Crippen LogP contribution in [-0.2, 0) is 17.6 Å². The first kappa shape index (κ1) is 23.0. The first-order valence-corrected chi connectivity index (χ1v) is 11.7. The van der Waals surface area contributed by atoms with Crippen LogP contribution in [0.25, 0.3) is 11.4 Å². The molecule has 1 saturated heterocycles. The number of amides is 1. The summed E-state index contributed by atoms with van der Waals surface area (Å²) < 4.78 is 10.6. The van der Waals surface area contributed by atoms with Crippen molar-refractivity contribution in [1.82, 2.24) is 20.4 Å². The van der Waals surface area contributed by atoms with Crippen LogP contribution in [0.15, 0.2) is 53.1 Å². The number of aromatic nitrogens is 2. The van der Waals surface area contributed by atoms with Gasteiger partial charge >= 0.3 is 0 Å². The van der Waals surface area contributed by atoms with Gasteiger partial charge < -0.3 is 14.6 Å². The highest BCUT2D eigenvalue weighted by Crippen LogP contribution is 2.26. The quantitative estimate of drug-likeness (QED) is 0.501. The number of benzene rings is 2. The van der Waals surface area contributed by atoms with E-state index in [2.05, 4.69) is 51.5 Å². The van der Waals surface area contributed by atoms with Gasteiger partial charge in [-0.1, -0.05) is 48.5 Å². The van der Waals surface area contributed by atoms with Crippen molar-refractivity contribution in [2.45, 2.75) is 45.1 Å². The Morgan fingerprint density at radius 2 is 1.85 bits per heavy atom. The van der Waals surface area contributed by atoms with Crippen molar-refractivity contribution in [3.63, 3.8) is 0 Å². The number of ether oxygens (including phenoxy) is 1. The summed E-state index contributed by atoms with van der Waals surface area (Å²) in [6.45, 7) is 4.80. The molecule has 33 heavy (non-hydrogen) atoms. The van der Waals surface area contributed by atoms with Gasteiger partial charge in [0.1, 0.15) is 5.75 Å². The molecule has 0 bridgehead atoms. The molecular weight excluding hydrogens is 416 g/mol. The van der Waals surface area contributed by atoms with Crippen LogP contribution in [0.1, 0.15) is 49.2 Å². The number of rotatable bonds is 10. The van der Waals surface area contributed by atoms with Gasteiger partial charge in [0.2, 0.25) is 17.6 Å². The number of carbonyl (C=O) groups is 1. The number of methoxy groups -OCH3 is 1. The highest BCUT2D eigenvalue weighted by molar-refractivity contribution is 5.76. The van der Waals surface area contributed by atoms with Crippen LogP contribution < -0.4 is 10.1 Å². The first-order chi connectivity index (χ1) is 16.2. The second kappa shape index (κ2) is 11.1. The number of carbonyl (C=O) groups excluding carboxylic acids is 1. The highest BCUT2D eigenvalue weighted by Gasteiger charge is 2.24. The van der Waals surface area contributed by atoms with Crippen LogP contribution in [0.2, 0.25) is 0 Å². The molecule has 1 atom stereocenters. The molecule has 1 amide bonds. The Morgan fingerprint density at radius 3 is 2.52 bits per heavy atom. The Kier molecular flexibility index (Phi) is 7.73. The lowest BCUT2D eigenvalue weighted by Gasteiger charge is -2.28. The molecule has 3 aromatic rings. The van der Waals surface area contributed by atoms with Gasteiger partial charge in [-0.2, -0.15) is 4.98 Å². The van der Waals surface area contributed by atoms with E-state index in [1.807, 2.05) is 24.3 Å². The summed E-state index contributed by atoms with van der Waals surface area (Å²) in [5.74, 6) is 1.86. The maximum atomic E-state index is 12.6. The lowest BCUT2D eigenvalue weighted by molar-refractivity contribution is -0.121. The smallest absolute Gasteiger partial charge is 0.227 e. The normalized spacial score (nSPS) is 14.8. The van der Waals surface area contributed by atoms with Gasteiger partial charge in [-0.3, -0.25) is 9.69 Å². The monoisotopic (exact) mass is 448 g/mol. The van der Waals surface area contributed by atoms with Gasteiger partial charge in [-0.05, 0) is 55.6 Å². The zero-order valence-electron chi connectivity index (χ0n) is 19.4. The van der Waals surface area contributed by atoms with Gasteiger partial charge in [0.15, 0.2) is 0 Å². The van der Waals surface area contributed by atoms with Crippen LogP contribution >= 0.6 is 0 Å². The number of likely N-dealkylation sites (tertiary alicyclic amines) is 1. The summed E-state index contributed by atoms with van der Waals surface area (Å²) in [5, 5.41) is 7.17. The third-order valence-corrected chi connectivity index (χ3v) is 6.23. The molecule has 1 fully saturated rings. The van der Waals surface area contributed by atoms with Crippen molar-refractivity contribution < 1.29 is 14.1 Å². The molecule has 1 aromatic heterocycles. The Labute approximate surface area is 195 Å². The summed E-state index contributed by atoms with van der Waals surface area (Å²) in [7, 11) is 1.67. The predicted molar refractivity (Wildman–Crippen MR) is 127 cm³/mol. The maximum Gasteiger partial charge on any atom is 0.227 e. The van der Waals surface area contributed by atoms with E-state index in [1.165, 1.54) is 24.0 Å². The summed E-state index contributed by atoms with van der Waals surface area (Å²) in [5.41, 5.74) is 3.37. The second-order valence-electron chi connectivity index (χ2n) is 8.40. The summed E-state index contributed by atoms with van der Waals surface area (Å²) in [6.07, 6.45) is 4.11.